The largest absolute Gasteiger partial charge is 0.370 e. The number of anilines is 1. The fourth-order valence-corrected chi connectivity index (χ4v) is 2.06. The van der Waals surface area contributed by atoms with Crippen LogP contribution in [0.4, 0.5) is 5.69 Å². The monoisotopic (exact) mass is 258 g/mol. The van der Waals surface area contributed by atoms with Crippen LogP contribution in [0.5, 0.6) is 0 Å². The van der Waals surface area contributed by atoms with Crippen LogP contribution < -0.4 is 16.0 Å². The van der Waals surface area contributed by atoms with Crippen LogP contribution in [-0.2, 0) is 6.54 Å². The minimum absolute atomic E-state index is 0.311. The molecular weight excluding hydrogens is 236 g/mol. The van der Waals surface area contributed by atoms with Crippen LogP contribution in [0, 0.1) is 0 Å². The zero-order valence-electron chi connectivity index (χ0n) is 11.6. The van der Waals surface area contributed by atoms with Gasteiger partial charge in [0.2, 0.25) is 0 Å². The Hall–Kier alpha value is -1.97. The first kappa shape index (κ1) is 13.5. The molecule has 0 saturated carbocycles. The predicted molar refractivity (Wildman–Crippen MR) is 81.4 cm³/mol. The Morgan fingerprint density at radius 2 is 2.11 bits per heavy atom. The van der Waals surface area contributed by atoms with Crippen molar-refractivity contribution >= 4 is 11.6 Å². The van der Waals surface area contributed by atoms with E-state index in [0.29, 0.717) is 18.5 Å². The molecule has 1 aromatic carbocycles. The fourth-order valence-electron chi connectivity index (χ4n) is 2.06. The Morgan fingerprint density at radius 3 is 2.79 bits per heavy atom. The molecule has 0 bridgehead atoms. The molecule has 2 rings (SSSR count). The second kappa shape index (κ2) is 6.27. The van der Waals surface area contributed by atoms with Crippen LogP contribution in [0.25, 0.3) is 0 Å². The van der Waals surface area contributed by atoms with Crippen LogP contribution >= 0.6 is 0 Å². The molecule has 1 aliphatic rings. The summed E-state index contributed by atoms with van der Waals surface area (Å²) in [5, 5.41) is 3.09. The molecule has 0 aliphatic carbocycles. The predicted octanol–water partition coefficient (Wildman–Crippen LogP) is 1.88. The topological polar surface area (TPSA) is 53.6 Å². The smallest absolute Gasteiger partial charge is 0.189 e. The number of nitrogens with one attached hydrogen (secondary N) is 1. The summed E-state index contributed by atoms with van der Waals surface area (Å²) in [5.41, 5.74) is 8.22. The number of rotatable bonds is 4. The first-order valence-corrected chi connectivity index (χ1v) is 6.70. The van der Waals surface area contributed by atoms with E-state index in [-0.39, 0.29) is 0 Å². The quantitative estimate of drug-likeness (QED) is 0.492. The van der Waals surface area contributed by atoms with Gasteiger partial charge in [-0.1, -0.05) is 24.3 Å². The molecule has 0 fully saturated rings. The zero-order chi connectivity index (χ0) is 13.7. The molecule has 1 aromatic rings. The summed E-state index contributed by atoms with van der Waals surface area (Å²) in [6.45, 7) is 6.68. The molecular formula is C15H22N4. The summed E-state index contributed by atoms with van der Waals surface area (Å²) in [4.78, 5) is 6.67. The molecule has 0 unspecified atom stereocenters. The number of nitrogens with zero attached hydrogens (tertiary/aromatic N) is 2. The van der Waals surface area contributed by atoms with E-state index in [4.69, 9.17) is 5.73 Å². The highest BCUT2D eigenvalue weighted by molar-refractivity contribution is 5.78. The van der Waals surface area contributed by atoms with Crippen molar-refractivity contribution in [2.45, 2.75) is 26.4 Å². The first-order valence-electron chi connectivity index (χ1n) is 6.70. The minimum Gasteiger partial charge on any atom is -0.370 e. The average Bonchev–Trinajstić information content (AvgIpc) is 2.90. The molecule has 0 aromatic heterocycles. The van der Waals surface area contributed by atoms with Crippen molar-refractivity contribution in [2.75, 3.05) is 18.0 Å². The van der Waals surface area contributed by atoms with E-state index in [1.165, 1.54) is 11.3 Å². The van der Waals surface area contributed by atoms with Crippen molar-refractivity contribution in [3.8, 4) is 0 Å². The van der Waals surface area contributed by atoms with Crippen molar-refractivity contribution < 1.29 is 0 Å². The van der Waals surface area contributed by atoms with Crippen LogP contribution in [0.2, 0.25) is 0 Å². The summed E-state index contributed by atoms with van der Waals surface area (Å²) >= 11 is 0. The normalized spacial score (nSPS) is 15.3. The number of nitrogens with two attached hydrogens (primary N) is 1. The molecule has 4 nitrogen and oxygen atoms in total. The molecule has 0 atom stereocenters. The third-order valence-electron chi connectivity index (χ3n) is 2.96. The Bertz CT molecular complexity index is 469. The Morgan fingerprint density at radius 1 is 1.37 bits per heavy atom. The molecule has 0 amide bonds. The lowest BCUT2D eigenvalue weighted by molar-refractivity contribution is 0.723. The summed E-state index contributed by atoms with van der Waals surface area (Å²) < 4.78 is 0. The molecule has 0 radical (unpaired) electrons. The summed E-state index contributed by atoms with van der Waals surface area (Å²) in [6, 6.07) is 8.78. The standard InChI is InChI=1S/C15H22N4/c1-12(2)18-15(16)17-11-13-6-5-7-14(10-13)19-8-3-4-9-19/h3-7,10,12H,8-9,11H2,1-2H3,(H3,16,17,18). The van der Waals surface area contributed by atoms with Crippen molar-refractivity contribution in [3.05, 3.63) is 42.0 Å². The van der Waals surface area contributed by atoms with Crippen molar-refractivity contribution in [1.82, 2.24) is 5.32 Å². The van der Waals surface area contributed by atoms with Gasteiger partial charge in [0, 0.05) is 24.8 Å². The van der Waals surface area contributed by atoms with Crippen LogP contribution in [0.3, 0.4) is 0 Å². The van der Waals surface area contributed by atoms with E-state index < -0.39 is 0 Å². The maximum absolute atomic E-state index is 5.80. The molecule has 19 heavy (non-hydrogen) atoms. The van der Waals surface area contributed by atoms with Crippen LogP contribution in [0.1, 0.15) is 19.4 Å². The fraction of sp³-hybridized carbons (Fsp3) is 0.400. The van der Waals surface area contributed by atoms with Crippen molar-refractivity contribution in [3.63, 3.8) is 0 Å². The third-order valence-corrected chi connectivity index (χ3v) is 2.96. The van der Waals surface area contributed by atoms with Gasteiger partial charge in [0.25, 0.3) is 0 Å². The SMILES string of the molecule is CC(C)NC(N)=NCc1cccc(N2CC=CC2)c1. The molecule has 0 spiro atoms. The van der Waals surface area contributed by atoms with Gasteiger partial charge in [0.15, 0.2) is 5.96 Å². The van der Waals surface area contributed by atoms with E-state index in [0.717, 1.165) is 13.1 Å². The van der Waals surface area contributed by atoms with E-state index in [1.807, 2.05) is 13.8 Å². The number of benzene rings is 1. The number of aliphatic imine (C=N–C) groups is 1. The Kier molecular flexibility index (Phi) is 4.44. The van der Waals surface area contributed by atoms with Gasteiger partial charge in [0.1, 0.15) is 0 Å². The lowest BCUT2D eigenvalue weighted by Gasteiger charge is -2.18. The van der Waals surface area contributed by atoms with Gasteiger partial charge in [-0.05, 0) is 31.5 Å². The van der Waals surface area contributed by atoms with Gasteiger partial charge in [0.05, 0.1) is 6.54 Å². The zero-order valence-corrected chi connectivity index (χ0v) is 11.6. The highest BCUT2D eigenvalue weighted by atomic mass is 15.1. The van der Waals surface area contributed by atoms with Crippen molar-refractivity contribution in [2.24, 2.45) is 10.7 Å². The summed E-state index contributed by atoms with van der Waals surface area (Å²) in [7, 11) is 0. The van der Waals surface area contributed by atoms with E-state index in [9.17, 15) is 0 Å². The van der Waals surface area contributed by atoms with Crippen LogP contribution in [0.15, 0.2) is 41.4 Å². The number of guanidine groups is 1. The highest BCUT2D eigenvalue weighted by Crippen LogP contribution is 2.18. The lowest BCUT2D eigenvalue weighted by atomic mass is 10.2. The number of hydrogen-bond acceptors (Lipinski definition) is 2. The summed E-state index contributed by atoms with van der Waals surface area (Å²) in [5.74, 6) is 0.503. The van der Waals surface area contributed by atoms with E-state index in [1.54, 1.807) is 0 Å². The summed E-state index contributed by atoms with van der Waals surface area (Å²) in [6.07, 6.45) is 4.38. The second-order valence-corrected chi connectivity index (χ2v) is 5.05. The molecule has 4 heteroatoms. The molecule has 1 heterocycles. The minimum atomic E-state index is 0.311. The van der Waals surface area contributed by atoms with E-state index >= 15 is 0 Å². The van der Waals surface area contributed by atoms with Gasteiger partial charge >= 0.3 is 0 Å². The van der Waals surface area contributed by atoms with Gasteiger partial charge in [-0.2, -0.15) is 0 Å². The molecule has 1 aliphatic heterocycles. The Balaban J connectivity index is 1.99. The van der Waals surface area contributed by atoms with Gasteiger partial charge < -0.3 is 16.0 Å². The Labute approximate surface area is 115 Å². The third kappa shape index (κ3) is 4.02. The average molecular weight is 258 g/mol. The highest BCUT2D eigenvalue weighted by Gasteiger charge is 2.07. The maximum Gasteiger partial charge on any atom is 0.189 e. The molecule has 102 valence electrons. The van der Waals surface area contributed by atoms with Gasteiger partial charge in [-0.3, -0.25) is 0 Å². The van der Waals surface area contributed by atoms with Crippen molar-refractivity contribution in [1.29, 1.82) is 0 Å². The second-order valence-electron chi connectivity index (χ2n) is 5.05. The van der Waals surface area contributed by atoms with Gasteiger partial charge in [-0.15, -0.1) is 0 Å². The molecule has 0 saturated heterocycles. The number of hydrogen-bond donors (Lipinski definition) is 2. The molecule has 3 N–H and O–H groups in total. The lowest BCUT2D eigenvalue weighted by Crippen LogP contribution is -2.36. The first-order chi connectivity index (χ1) is 9.15. The van der Waals surface area contributed by atoms with Gasteiger partial charge in [-0.25, -0.2) is 4.99 Å². The maximum atomic E-state index is 5.80. The van der Waals surface area contributed by atoms with Crippen LogP contribution in [-0.4, -0.2) is 25.1 Å². The van der Waals surface area contributed by atoms with E-state index in [2.05, 4.69) is 51.6 Å².